The minimum absolute atomic E-state index is 0.0506. The number of rotatable bonds is 11. The largest absolute Gasteiger partial charge is 0.444 e. The first kappa shape index (κ1) is 31.6. The number of piperidine rings is 1. The molecule has 0 aromatic carbocycles. The molecule has 3 rings (SSSR count). The fraction of sp³-hybridized carbons (Fsp3) is 0.767. The molecule has 1 saturated heterocycles. The van der Waals surface area contributed by atoms with Crippen LogP contribution < -0.4 is 16.0 Å². The average molecular weight is 561 g/mol. The number of ketones is 1. The Balaban J connectivity index is 1.83. The predicted octanol–water partition coefficient (Wildman–Crippen LogP) is 3.10. The second kappa shape index (κ2) is 12.7. The molecule has 0 radical (unpaired) electrons. The number of hydrogen-bond acceptors (Lipinski definition) is 6. The molecule has 2 saturated carbocycles. The van der Waals surface area contributed by atoms with Gasteiger partial charge in [-0.1, -0.05) is 52.5 Å². The van der Waals surface area contributed by atoms with Crippen LogP contribution in [0.2, 0.25) is 0 Å². The highest BCUT2D eigenvalue weighted by molar-refractivity contribution is 6.38. The predicted molar refractivity (Wildman–Crippen MR) is 151 cm³/mol. The van der Waals surface area contributed by atoms with Crippen molar-refractivity contribution < 1.29 is 28.7 Å². The number of nitrogens with zero attached hydrogens (tertiary/aromatic N) is 1. The number of likely N-dealkylation sites (tertiary alicyclic amines) is 1. The van der Waals surface area contributed by atoms with Gasteiger partial charge in [0.2, 0.25) is 17.6 Å². The molecule has 224 valence electrons. The number of ether oxygens (including phenoxy) is 1. The topological polar surface area (TPSA) is 134 Å². The van der Waals surface area contributed by atoms with Crippen molar-refractivity contribution in [1.29, 1.82) is 0 Å². The summed E-state index contributed by atoms with van der Waals surface area (Å²) in [7, 11) is 0. The van der Waals surface area contributed by atoms with E-state index in [0.29, 0.717) is 19.4 Å². The first-order chi connectivity index (χ1) is 18.7. The Morgan fingerprint density at radius 3 is 2.30 bits per heavy atom. The lowest BCUT2D eigenvalue weighted by Gasteiger charge is -2.37. The summed E-state index contributed by atoms with van der Waals surface area (Å²) in [5, 5.41) is 8.13. The van der Waals surface area contributed by atoms with Crippen molar-refractivity contribution in [3.63, 3.8) is 0 Å². The van der Waals surface area contributed by atoms with Gasteiger partial charge < -0.3 is 25.6 Å². The Bertz CT molecular complexity index is 997. The number of fused-ring (bicyclic) bond motifs is 1. The van der Waals surface area contributed by atoms with Crippen molar-refractivity contribution in [2.75, 3.05) is 13.1 Å². The number of amides is 4. The lowest BCUT2D eigenvalue weighted by molar-refractivity contribution is -0.145. The maximum absolute atomic E-state index is 14.1. The molecule has 3 aliphatic rings. The molecule has 0 aromatic rings. The van der Waals surface area contributed by atoms with Crippen LogP contribution in [0.3, 0.4) is 0 Å². The van der Waals surface area contributed by atoms with Crippen LogP contribution in [0.1, 0.15) is 86.5 Å². The third-order valence-corrected chi connectivity index (χ3v) is 8.66. The summed E-state index contributed by atoms with van der Waals surface area (Å²) in [5.74, 6) is -2.20. The van der Waals surface area contributed by atoms with Crippen molar-refractivity contribution in [1.82, 2.24) is 20.9 Å². The molecule has 5 atom stereocenters. The van der Waals surface area contributed by atoms with E-state index in [1.165, 1.54) is 6.08 Å². The van der Waals surface area contributed by atoms with E-state index in [1.54, 1.807) is 25.7 Å². The Labute approximate surface area is 238 Å². The van der Waals surface area contributed by atoms with Crippen LogP contribution in [0.25, 0.3) is 0 Å². The van der Waals surface area contributed by atoms with Crippen molar-refractivity contribution in [3.05, 3.63) is 12.7 Å². The lowest BCUT2D eigenvalue weighted by atomic mass is 9.83. The van der Waals surface area contributed by atoms with Crippen LogP contribution >= 0.6 is 0 Å². The van der Waals surface area contributed by atoms with Crippen molar-refractivity contribution in [2.45, 2.75) is 110 Å². The van der Waals surface area contributed by atoms with Gasteiger partial charge in [-0.3, -0.25) is 19.2 Å². The molecule has 4 amide bonds. The summed E-state index contributed by atoms with van der Waals surface area (Å²) in [5.41, 5.74) is -0.853. The minimum atomic E-state index is -0.991. The van der Waals surface area contributed by atoms with E-state index in [1.807, 2.05) is 6.92 Å². The van der Waals surface area contributed by atoms with Gasteiger partial charge in [0.05, 0.1) is 6.04 Å². The maximum Gasteiger partial charge on any atom is 0.408 e. The van der Waals surface area contributed by atoms with Crippen LogP contribution in [-0.4, -0.2) is 71.3 Å². The molecule has 0 spiro atoms. The fourth-order valence-electron chi connectivity index (χ4n) is 6.50. The summed E-state index contributed by atoms with van der Waals surface area (Å²) in [6, 6.07) is -2.58. The van der Waals surface area contributed by atoms with E-state index >= 15 is 0 Å². The lowest BCUT2D eigenvalue weighted by Crippen LogP contribution is -2.59. The van der Waals surface area contributed by atoms with Gasteiger partial charge in [-0.25, -0.2) is 4.79 Å². The molecular formula is C30H48N4O6. The standard InChI is InChI=1S/C30H48N4O6/c1-8-13-20(24(35)26(37)31-16-9-2)32-25(36)23-21-19(30(21,6)7)17-34(23)27(38)22(18-14-11-10-12-15-18)33-28(39)40-29(3,4)5/h9,18-23H,2,8,10-17H2,1,3-7H3,(H,31,37)(H,32,36)(H,33,39)/t19?,20?,21-,22-,23-/m0/s1. The summed E-state index contributed by atoms with van der Waals surface area (Å²) >= 11 is 0. The minimum Gasteiger partial charge on any atom is -0.444 e. The maximum atomic E-state index is 14.1. The number of alkyl carbamates (subject to hydrolysis) is 1. The summed E-state index contributed by atoms with van der Waals surface area (Å²) in [6.45, 7) is 15.4. The third-order valence-electron chi connectivity index (χ3n) is 8.66. The van der Waals surface area contributed by atoms with Crippen LogP contribution in [0.4, 0.5) is 4.79 Å². The first-order valence-electron chi connectivity index (χ1n) is 14.8. The number of nitrogens with one attached hydrogen (secondary N) is 3. The van der Waals surface area contributed by atoms with Crippen molar-refractivity contribution in [3.8, 4) is 0 Å². The number of carbonyl (C=O) groups is 5. The van der Waals surface area contributed by atoms with E-state index < -0.39 is 47.4 Å². The smallest absolute Gasteiger partial charge is 0.408 e. The SMILES string of the molecule is C=CCNC(=O)C(=O)C(CCC)NC(=O)[C@@H]1[C@@H]2C(CN1C(=O)[C@@H](NC(=O)OC(C)(C)C)C1CCCCC1)C2(C)C. The van der Waals surface area contributed by atoms with Crippen molar-refractivity contribution in [2.24, 2.45) is 23.2 Å². The summed E-state index contributed by atoms with van der Waals surface area (Å²) < 4.78 is 5.48. The Kier molecular flexibility index (Phi) is 10.1. The molecule has 1 heterocycles. The summed E-state index contributed by atoms with van der Waals surface area (Å²) in [6.07, 6.45) is 6.36. The van der Waals surface area contributed by atoms with Crippen LogP contribution in [0.15, 0.2) is 12.7 Å². The highest BCUT2D eigenvalue weighted by Crippen LogP contribution is 2.65. The molecule has 0 bridgehead atoms. The monoisotopic (exact) mass is 560 g/mol. The van der Waals surface area contributed by atoms with Crippen LogP contribution in [0, 0.1) is 23.2 Å². The van der Waals surface area contributed by atoms with Gasteiger partial charge in [0.1, 0.15) is 17.7 Å². The van der Waals surface area contributed by atoms with Gasteiger partial charge in [0, 0.05) is 13.1 Å². The van der Waals surface area contributed by atoms with Gasteiger partial charge in [-0.2, -0.15) is 0 Å². The van der Waals surface area contributed by atoms with E-state index in [-0.39, 0.29) is 35.6 Å². The van der Waals surface area contributed by atoms with Crippen molar-refractivity contribution >= 4 is 29.6 Å². The number of Topliss-reactive ketones (excluding diaryl/α,β-unsaturated/α-hetero) is 1. The molecule has 3 N–H and O–H groups in total. The second-order valence-corrected chi connectivity index (χ2v) is 13.1. The zero-order valence-corrected chi connectivity index (χ0v) is 25.0. The molecule has 40 heavy (non-hydrogen) atoms. The van der Waals surface area contributed by atoms with E-state index in [9.17, 15) is 24.0 Å². The molecule has 3 fully saturated rings. The zero-order valence-electron chi connectivity index (χ0n) is 25.0. The summed E-state index contributed by atoms with van der Waals surface area (Å²) in [4.78, 5) is 67.6. The normalized spacial score (nSPS) is 25.1. The molecule has 2 aliphatic carbocycles. The highest BCUT2D eigenvalue weighted by atomic mass is 16.6. The highest BCUT2D eigenvalue weighted by Gasteiger charge is 2.69. The molecule has 1 aliphatic heterocycles. The molecule has 2 unspecified atom stereocenters. The van der Waals surface area contributed by atoms with Gasteiger partial charge in [-0.05, 0) is 63.2 Å². The Morgan fingerprint density at radius 2 is 1.73 bits per heavy atom. The Hall–Kier alpha value is -2.91. The van der Waals surface area contributed by atoms with Crippen LogP contribution in [0.5, 0.6) is 0 Å². The number of hydrogen-bond donors (Lipinski definition) is 3. The van der Waals surface area contributed by atoms with Gasteiger partial charge in [0.25, 0.3) is 5.91 Å². The Morgan fingerprint density at radius 1 is 1.07 bits per heavy atom. The van der Waals surface area contributed by atoms with E-state index in [4.69, 9.17) is 4.74 Å². The molecule has 10 heteroatoms. The fourth-order valence-corrected chi connectivity index (χ4v) is 6.50. The van der Waals surface area contributed by atoms with Gasteiger partial charge in [-0.15, -0.1) is 6.58 Å². The zero-order chi connectivity index (χ0) is 29.8. The van der Waals surface area contributed by atoms with Crippen LogP contribution in [-0.2, 0) is 23.9 Å². The first-order valence-corrected chi connectivity index (χ1v) is 14.8. The van der Waals surface area contributed by atoms with E-state index in [0.717, 1.165) is 32.1 Å². The quantitative estimate of drug-likeness (QED) is 0.263. The average Bonchev–Trinajstić information content (AvgIpc) is 3.21. The number of carbonyl (C=O) groups excluding carboxylic acids is 5. The molecule has 10 nitrogen and oxygen atoms in total. The van der Waals surface area contributed by atoms with Gasteiger partial charge >= 0.3 is 6.09 Å². The third kappa shape index (κ3) is 7.23. The second-order valence-electron chi connectivity index (χ2n) is 13.1. The molecular weight excluding hydrogens is 512 g/mol. The van der Waals surface area contributed by atoms with Gasteiger partial charge in [0.15, 0.2) is 0 Å². The van der Waals surface area contributed by atoms with E-state index in [2.05, 4.69) is 36.4 Å². The molecule has 0 aromatic heterocycles.